The lowest BCUT2D eigenvalue weighted by Gasteiger charge is -2.00. The zero-order chi connectivity index (χ0) is 12.5. The van der Waals surface area contributed by atoms with E-state index in [4.69, 9.17) is 5.11 Å². The Morgan fingerprint density at radius 3 is 3.00 bits per heavy atom. The molecule has 5 nitrogen and oxygen atoms in total. The second-order valence-electron chi connectivity index (χ2n) is 3.89. The molecule has 3 rings (SSSR count). The van der Waals surface area contributed by atoms with E-state index >= 15 is 0 Å². The van der Waals surface area contributed by atoms with Gasteiger partial charge in [0.1, 0.15) is 5.52 Å². The predicted octanol–water partition coefficient (Wildman–Crippen LogP) is 2.24. The highest BCUT2D eigenvalue weighted by Gasteiger charge is 2.09. The normalized spacial score (nSPS) is 10.9. The molecule has 0 radical (unpaired) electrons. The average molecular weight is 259 g/mol. The number of hydrogen-bond acceptors (Lipinski definition) is 4. The van der Waals surface area contributed by atoms with Crippen molar-refractivity contribution in [2.45, 2.75) is 6.54 Å². The smallest absolute Gasteiger partial charge is 0.335 e. The van der Waals surface area contributed by atoms with Crippen molar-refractivity contribution in [1.82, 2.24) is 15.0 Å². The molecular weight excluding hydrogens is 250 g/mol. The third-order valence-electron chi connectivity index (χ3n) is 2.67. The van der Waals surface area contributed by atoms with Crippen LogP contribution >= 0.6 is 11.3 Å². The lowest BCUT2D eigenvalue weighted by atomic mass is 10.2. The summed E-state index contributed by atoms with van der Waals surface area (Å²) in [7, 11) is 0. The first-order valence-electron chi connectivity index (χ1n) is 5.31. The summed E-state index contributed by atoms with van der Waals surface area (Å²) in [4.78, 5) is 10.9. The molecule has 0 atom stereocenters. The van der Waals surface area contributed by atoms with Crippen LogP contribution < -0.4 is 0 Å². The first kappa shape index (κ1) is 10.9. The summed E-state index contributed by atoms with van der Waals surface area (Å²) in [5.41, 5.74) is 2.82. The second kappa shape index (κ2) is 4.23. The molecule has 0 aliphatic heterocycles. The van der Waals surface area contributed by atoms with E-state index in [1.54, 1.807) is 28.2 Å². The number of aromatic carboxylic acids is 1. The van der Waals surface area contributed by atoms with E-state index in [0.29, 0.717) is 12.1 Å². The van der Waals surface area contributed by atoms with Crippen LogP contribution in [0.15, 0.2) is 35.0 Å². The van der Waals surface area contributed by atoms with Crippen LogP contribution in [0.3, 0.4) is 0 Å². The van der Waals surface area contributed by atoms with Gasteiger partial charge in [0, 0.05) is 0 Å². The lowest BCUT2D eigenvalue weighted by Crippen LogP contribution is -2.02. The van der Waals surface area contributed by atoms with Crippen molar-refractivity contribution < 1.29 is 9.90 Å². The SMILES string of the molecule is O=C(O)c1ccc2nnn(Cc3ccsc3)c2c1. The summed E-state index contributed by atoms with van der Waals surface area (Å²) in [5.74, 6) is -0.944. The van der Waals surface area contributed by atoms with E-state index in [2.05, 4.69) is 10.3 Å². The molecular formula is C12H9N3O2S. The van der Waals surface area contributed by atoms with Gasteiger partial charge in [0.25, 0.3) is 0 Å². The van der Waals surface area contributed by atoms with Crippen molar-refractivity contribution in [3.05, 3.63) is 46.2 Å². The van der Waals surface area contributed by atoms with E-state index in [1.807, 2.05) is 16.8 Å². The highest BCUT2D eigenvalue weighted by Crippen LogP contribution is 2.16. The summed E-state index contributed by atoms with van der Waals surface area (Å²) in [6, 6.07) is 6.83. The Morgan fingerprint density at radius 1 is 1.39 bits per heavy atom. The molecule has 1 N–H and O–H groups in total. The Balaban J connectivity index is 2.06. The maximum absolute atomic E-state index is 10.9. The molecule has 90 valence electrons. The minimum atomic E-state index is -0.944. The molecule has 0 amide bonds. The van der Waals surface area contributed by atoms with E-state index in [9.17, 15) is 4.79 Å². The second-order valence-corrected chi connectivity index (χ2v) is 4.67. The van der Waals surface area contributed by atoms with Gasteiger partial charge >= 0.3 is 5.97 Å². The average Bonchev–Trinajstić information content (AvgIpc) is 2.99. The predicted molar refractivity (Wildman–Crippen MR) is 67.9 cm³/mol. The first-order chi connectivity index (χ1) is 8.74. The molecule has 0 spiro atoms. The van der Waals surface area contributed by atoms with Crippen LogP contribution in [0.5, 0.6) is 0 Å². The molecule has 3 aromatic rings. The fourth-order valence-electron chi connectivity index (χ4n) is 1.77. The molecule has 0 saturated heterocycles. The van der Waals surface area contributed by atoms with Gasteiger partial charge in [-0.3, -0.25) is 0 Å². The third-order valence-corrected chi connectivity index (χ3v) is 3.41. The number of nitrogens with zero attached hydrogens (tertiary/aromatic N) is 3. The molecule has 0 bridgehead atoms. The molecule has 6 heteroatoms. The van der Waals surface area contributed by atoms with Crippen LogP contribution in [-0.2, 0) is 6.54 Å². The molecule has 18 heavy (non-hydrogen) atoms. The number of hydrogen-bond donors (Lipinski definition) is 1. The van der Waals surface area contributed by atoms with Gasteiger partial charge in [-0.25, -0.2) is 9.48 Å². The first-order valence-corrected chi connectivity index (χ1v) is 6.26. The quantitative estimate of drug-likeness (QED) is 0.783. The van der Waals surface area contributed by atoms with Gasteiger partial charge < -0.3 is 5.11 Å². The number of benzene rings is 1. The highest BCUT2D eigenvalue weighted by atomic mass is 32.1. The van der Waals surface area contributed by atoms with Crippen molar-refractivity contribution in [3.8, 4) is 0 Å². The number of fused-ring (bicyclic) bond motifs is 1. The zero-order valence-corrected chi connectivity index (χ0v) is 10.1. The van der Waals surface area contributed by atoms with Crippen molar-refractivity contribution in [2.75, 3.05) is 0 Å². The zero-order valence-electron chi connectivity index (χ0n) is 9.28. The van der Waals surface area contributed by atoms with Crippen molar-refractivity contribution in [2.24, 2.45) is 0 Å². The molecule has 0 aliphatic rings. The fourth-order valence-corrected chi connectivity index (χ4v) is 2.43. The van der Waals surface area contributed by atoms with Gasteiger partial charge in [0.15, 0.2) is 0 Å². The molecule has 0 saturated carbocycles. The van der Waals surface area contributed by atoms with Gasteiger partial charge in [0.2, 0.25) is 0 Å². The molecule has 2 heterocycles. The van der Waals surface area contributed by atoms with Gasteiger partial charge in [-0.2, -0.15) is 11.3 Å². The lowest BCUT2D eigenvalue weighted by molar-refractivity contribution is 0.0697. The molecule has 1 aromatic carbocycles. The minimum absolute atomic E-state index is 0.247. The number of carboxylic acids is 1. The van der Waals surface area contributed by atoms with E-state index in [-0.39, 0.29) is 5.56 Å². The highest BCUT2D eigenvalue weighted by molar-refractivity contribution is 7.07. The van der Waals surface area contributed by atoms with Crippen molar-refractivity contribution in [3.63, 3.8) is 0 Å². The number of carboxylic acid groups (broad SMARTS) is 1. The van der Waals surface area contributed by atoms with Gasteiger partial charge in [-0.15, -0.1) is 5.10 Å². The van der Waals surface area contributed by atoms with Gasteiger partial charge in [0.05, 0.1) is 17.6 Å². The maximum Gasteiger partial charge on any atom is 0.335 e. The third kappa shape index (κ3) is 1.86. The van der Waals surface area contributed by atoms with Crippen LogP contribution in [0.2, 0.25) is 0 Å². The van der Waals surface area contributed by atoms with Crippen LogP contribution in [-0.4, -0.2) is 26.1 Å². The Labute approximate surface area is 106 Å². The van der Waals surface area contributed by atoms with Crippen LogP contribution in [0.1, 0.15) is 15.9 Å². The number of carbonyl (C=O) groups is 1. The Kier molecular flexibility index (Phi) is 2.56. The van der Waals surface area contributed by atoms with E-state index in [1.165, 1.54) is 6.07 Å². The largest absolute Gasteiger partial charge is 0.478 e. The molecule has 2 aromatic heterocycles. The van der Waals surface area contributed by atoms with Gasteiger partial charge in [-0.05, 0) is 40.6 Å². The Hall–Kier alpha value is -2.21. The van der Waals surface area contributed by atoms with E-state index < -0.39 is 5.97 Å². The Morgan fingerprint density at radius 2 is 2.28 bits per heavy atom. The van der Waals surface area contributed by atoms with Gasteiger partial charge in [-0.1, -0.05) is 5.21 Å². The summed E-state index contributed by atoms with van der Waals surface area (Å²) >= 11 is 1.62. The maximum atomic E-state index is 10.9. The summed E-state index contributed by atoms with van der Waals surface area (Å²) in [6.07, 6.45) is 0. The molecule has 0 fully saturated rings. The van der Waals surface area contributed by atoms with Crippen molar-refractivity contribution >= 4 is 28.3 Å². The van der Waals surface area contributed by atoms with Crippen molar-refractivity contribution in [1.29, 1.82) is 0 Å². The Bertz CT molecular complexity index is 703. The molecule has 0 unspecified atom stereocenters. The summed E-state index contributed by atoms with van der Waals surface area (Å²) in [5, 5.41) is 21.1. The van der Waals surface area contributed by atoms with Crippen LogP contribution in [0, 0.1) is 0 Å². The number of aromatic nitrogens is 3. The monoisotopic (exact) mass is 259 g/mol. The number of rotatable bonds is 3. The molecule has 0 aliphatic carbocycles. The van der Waals surface area contributed by atoms with Crippen LogP contribution in [0.25, 0.3) is 11.0 Å². The van der Waals surface area contributed by atoms with E-state index in [0.717, 1.165) is 11.1 Å². The minimum Gasteiger partial charge on any atom is -0.478 e. The number of thiophene rings is 1. The topological polar surface area (TPSA) is 68.0 Å². The standard InChI is InChI=1S/C12H9N3O2S/c16-12(17)9-1-2-10-11(5-9)15(14-13-10)6-8-3-4-18-7-8/h1-5,7H,6H2,(H,16,17). The summed E-state index contributed by atoms with van der Waals surface area (Å²) in [6.45, 7) is 0.600. The fraction of sp³-hybridized carbons (Fsp3) is 0.0833. The summed E-state index contributed by atoms with van der Waals surface area (Å²) < 4.78 is 1.71. The van der Waals surface area contributed by atoms with Crippen LogP contribution in [0.4, 0.5) is 0 Å².